The highest BCUT2D eigenvalue weighted by atomic mass is 28.3. The van der Waals surface area contributed by atoms with Crippen molar-refractivity contribution in [1.29, 1.82) is 0 Å². The smallest absolute Gasteiger partial charge is 0.0507 e. The topological polar surface area (TPSA) is 0 Å². The summed E-state index contributed by atoms with van der Waals surface area (Å²) < 4.78 is 0. The van der Waals surface area contributed by atoms with Crippen molar-refractivity contribution in [1.82, 2.24) is 0 Å². The van der Waals surface area contributed by atoms with E-state index in [0.717, 1.165) is 0 Å². The number of hydrogen-bond donors (Lipinski definition) is 0. The van der Waals surface area contributed by atoms with Crippen LogP contribution in [0.4, 0.5) is 0 Å². The van der Waals surface area contributed by atoms with Crippen molar-refractivity contribution in [2.24, 2.45) is 0 Å². The lowest BCUT2D eigenvalue weighted by Gasteiger charge is -2.28. The van der Waals surface area contributed by atoms with E-state index in [1.165, 1.54) is 44.2 Å². The zero-order chi connectivity index (χ0) is 14.1. The number of hydrogen-bond acceptors (Lipinski definition) is 0. The van der Waals surface area contributed by atoms with Gasteiger partial charge in [-0.05, 0) is 6.42 Å². The van der Waals surface area contributed by atoms with Gasteiger partial charge < -0.3 is 0 Å². The van der Waals surface area contributed by atoms with Gasteiger partial charge in [-0.3, -0.25) is 0 Å². The van der Waals surface area contributed by atoms with E-state index < -0.39 is 16.1 Å². The minimum Gasteiger partial charge on any atom is -0.0695 e. The van der Waals surface area contributed by atoms with Gasteiger partial charge in [-0.2, -0.15) is 0 Å². The maximum Gasteiger partial charge on any atom is 0.0507 e. The van der Waals surface area contributed by atoms with Crippen LogP contribution in [0, 0.1) is 6.42 Å². The molecule has 0 heterocycles. The van der Waals surface area contributed by atoms with Crippen molar-refractivity contribution in [2.45, 2.75) is 96.3 Å². The normalized spacial score (nSPS) is 13.0. The van der Waals surface area contributed by atoms with Gasteiger partial charge >= 0.3 is 0 Å². The van der Waals surface area contributed by atoms with Crippen LogP contribution < -0.4 is 0 Å². The predicted molar refractivity (Wildman–Crippen MR) is 92.9 cm³/mol. The van der Waals surface area contributed by atoms with Crippen molar-refractivity contribution in [3.8, 4) is 0 Å². The first-order valence-electron chi connectivity index (χ1n) is 8.14. The molecule has 0 aromatic rings. The van der Waals surface area contributed by atoms with Gasteiger partial charge in [0, 0.05) is 8.07 Å². The summed E-state index contributed by atoms with van der Waals surface area (Å²) in [5.41, 5.74) is 0. The Balaban J connectivity index is 3.99. The van der Waals surface area contributed by atoms with E-state index in [0.29, 0.717) is 0 Å². The third kappa shape index (κ3) is 10.4. The van der Waals surface area contributed by atoms with E-state index in [1.54, 1.807) is 12.1 Å². The van der Waals surface area contributed by atoms with Gasteiger partial charge in [0.05, 0.1) is 8.07 Å². The molecule has 0 N–H and O–H groups in total. The quantitative estimate of drug-likeness (QED) is 0.296. The molecular weight excluding hydrogens is 248 g/mol. The molecule has 0 bridgehead atoms. The minimum absolute atomic E-state index is 0.820. The highest BCUT2D eigenvalue weighted by Gasteiger charge is 2.25. The number of unbranched alkanes of at least 4 members (excludes halogenated alkanes) is 3. The third-order valence-electron chi connectivity index (χ3n) is 4.00. The highest BCUT2D eigenvalue weighted by molar-refractivity contribution is 6.79. The highest BCUT2D eigenvalue weighted by Crippen LogP contribution is 2.28. The van der Waals surface area contributed by atoms with E-state index in [9.17, 15) is 0 Å². The molecule has 0 unspecified atom stereocenters. The van der Waals surface area contributed by atoms with Crippen LogP contribution in [0.1, 0.15) is 46.0 Å². The van der Waals surface area contributed by atoms with E-state index in [-0.39, 0.29) is 0 Å². The lowest BCUT2D eigenvalue weighted by Crippen LogP contribution is -2.30. The first kappa shape index (κ1) is 18.4. The Morgan fingerprint density at radius 3 is 1.67 bits per heavy atom. The summed E-state index contributed by atoms with van der Waals surface area (Å²) in [7, 11) is -1.75. The van der Waals surface area contributed by atoms with Gasteiger partial charge in [0.1, 0.15) is 0 Å². The molecule has 0 saturated heterocycles. The molecule has 0 aliphatic rings. The molecule has 0 fully saturated rings. The summed E-state index contributed by atoms with van der Waals surface area (Å²) in [5.74, 6) is 0. The van der Waals surface area contributed by atoms with Crippen molar-refractivity contribution < 1.29 is 0 Å². The Kier molecular flexibility index (Phi) is 9.58. The zero-order valence-electron chi connectivity index (χ0n) is 13.9. The van der Waals surface area contributed by atoms with Crippen LogP contribution in [0.2, 0.25) is 50.4 Å². The van der Waals surface area contributed by atoms with Gasteiger partial charge in [-0.1, -0.05) is 96.3 Å². The van der Waals surface area contributed by atoms with Crippen molar-refractivity contribution >= 4 is 16.1 Å². The van der Waals surface area contributed by atoms with Crippen molar-refractivity contribution in [3.63, 3.8) is 0 Å². The molecular formula is C16H37Si2. The van der Waals surface area contributed by atoms with Gasteiger partial charge in [-0.25, -0.2) is 0 Å². The Morgan fingerprint density at radius 2 is 1.28 bits per heavy atom. The maximum atomic E-state index is 2.66. The SMILES string of the molecule is CCCC[Si](C)(C[CH]CC[Si](C)(C)C)CCCC. The molecule has 1 radical (unpaired) electrons. The lowest BCUT2D eigenvalue weighted by atomic mass is 10.4. The largest absolute Gasteiger partial charge is 0.0695 e. The molecule has 0 aliphatic carbocycles. The Bertz CT molecular complexity index is 186. The van der Waals surface area contributed by atoms with Crippen LogP contribution in [0.15, 0.2) is 0 Å². The first-order valence-corrected chi connectivity index (χ1v) is 15.0. The molecule has 0 amide bonds. The van der Waals surface area contributed by atoms with Crippen LogP contribution in [0.3, 0.4) is 0 Å². The molecule has 2 heteroatoms. The van der Waals surface area contributed by atoms with Gasteiger partial charge in [0.15, 0.2) is 0 Å². The van der Waals surface area contributed by atoms with Crippen LogP contribution in [-0.4, -0.2) is 16.1 Å². The lowest BCUT2D eigenvalue weighted by molar-refractivity contribution is 0.822. The Morgan fingerprint density at radius 1 is 0.778 bits per heavy atom. The molecule has 0 aromatic carbocycles. The molecule has 0 aliphatic heterocycles. The second-order valence-electron chi connectivity index (χ2n) is 7.61. The van der Waals surface area contributed by atoms with Crippen LogP contribution in [0.25, 0.3) is 0 Å². The first-order chi connectivity index (χ1) is 8.33. The Hall–Kier alpha value is 0.434. The standard InChI is InChI=1S/C16H37Si2/c1-7-9-14-18(6,15-10-8-2)16-12-11-13-17(3,4)5/h12H,7-11,13-16H2,1-6H3. The van der Waals surface area contributed by atoms with Gasteiger partial charge in [0.2, 0.25) is 0 Å². The summed E-state index contributed by atoms with van der Waals surface area (Å²) in [6.45, 7) is 14.8. The molecule has 0 spiro atoms. The molecule has 0 nitrogen and oxygen atoms in total. The number of rotatable bonds is 11. The minimum atomic E-state index is -0.928. The predicted octanol–water partition coefficient (Wildman–Crippen LogP) is 6.60. The molecule has 0 atom stereocenters. The van der Waals surface area contributed by atoms with E-state index in [1.807, 2.05) is 0 Å². The third-order valence-corrected chi connectivity index (χ3v) is 10.2. The summed E-state index contributed by atoms with van der Waals surface area (Å²) >= 11 is 0. The molecule has 0 rings (SSSR count). The zero-order valence-corrected chi connectivity index (χ0v) is 15.9. The fourth-order valence-electron chi connectivity index (χ4n) is 2.52. The van der Waals surface area contributed by atoms with E-state index in [4.69, 9.17) is 0 Å². The second-order valence-corrected chi connectivity index (χ2v) is 18.3. The molecule has 109 valence electrons. The second kappa shape index (κ2) is 9.36. The average molecular weight is 286 g/mol. The van der Waals surface area contributed by atoms with Crippen LogP contribution >= 0.6 is 0 Å². The monoisotopic (exact) mass is 285 g/mol. The molecule has 18 heavy (non-hydrogen) atoms. The van der Waals surface area contributed by atoms with Crippen LogP contribution in [-0.2, 0) is 0 Å². The fraction of sp³-hybridized carbons (Fsp3) is 0.938. The van der Waals surface area contributed by atoms with E-state index >= 15 is 0 Å². The van der Waals surface area contributed by atoms with Gasteiger partial charge in [-0.15, -0.1) is 0 Å². The van der Waals surface area contributed by atoms with Crippen LogP contribution in [0.5, 0.6) is 0 Å². The van der Waals surface area contributed by atoms with Gasteiger partial charge in [0.25, 0.3) is 0 Å². The summed E-state index contributed by atoms with van der Waals surface area (Å²) in [4.78, 5) is 0. The molecule has 0 aromatic heterocycles. The van der Waals surface area contributed by atoms with E-state index in [2.05, 4.69) is 46.5 Å². The fourth-order valence-corrected chi connectivity index (χ4v) is 7.57. The van der Waals surface area contributed by atoms with Crippen molar-refractivity contribution in [2.75, 3.05) is 0 Å². The Labute approximate surface area is 119 Å². The summed E-state index contributed by atoms with van der Waals surface area (Å²) in [6.07, 6.45) is 9.74. The van der Waals surface area contributed by atoms with Crippen molar-refractivity contribution in [3.05, 3.63) is 6.42 Å². The summed E-state index contributed by atoms with van der Waals surface area (Å²) in [5, 5.41) is 0. The summed E-state index contributed by atoms with van der Waals surface area (Å²) in [6, 6.07) is 6.09. The average Bonchev–Trinajstić information content (AvgIpc) is 2.29. The maximum absolute atomic E-state index is 2.66. The molecule has 0 saturated carbocycles.